The van der Waals surface area contributed by atoms with Crippen LogP contribution < -0.4 is 5.73 Å². The molecule has 102 valence electrons. The summed E-state index contributed by atoms with van der Waals surface area (Å²) >= 11 is 6.28. The summed E-state index contributed by atoms with van der Waals surface area (Å²) in [5.74, 6) is 0.186. The van der Waals surface area contributed by atoms with Crippen molar-refractivity contribution in [2.45, 2.75) is 26.8 Å². The number of hydrogen-bond acceptors (Lipinski definition) is 4. The molecule has 0 unspecified atom stereocenters. The van der Waals surface area contributed by atoms with E-state index in [9.17, 15) is 0 Å². The van der Waals surface area contributed by atoms with E-state index in [0.717, 1.165) is 24.4 Å². The second-order valence-electron chi connectivity index (χ2n) is 4.08. The normalized spacial score (nSPS) is 12.4. The number of amidine groups is 1. The van der Waals surface area contributed by atoms with Crippen LogP contribution in [-0.2, 0) is 20.0 Å². The SMILES string of the molecule is CCc1nn(C)c(CN(CC)CC(N)=NO)c1Cl. The summed E-state index contributed by atoms with van der Waals surface area (Å²) < 4.78 is 1.79. The van der Waals surface area contributed by atoms with Crippen molar-refractivity contribution in [2.75, 3.05) is 13.1 Å². The van der Waals surface area contributed by atoms with Crippen LogP contribution in [0.5, 0.6) is 0 Å². The first-order valence-corrected chi connectivity index (χ1v) is 6.30. The number of rotatable bonds is 6. The number of aryl methyl sites for hydroxylation is 2. The number of oxime groups is 1. The number of nitrogens with two attached hydrogens (primary N) is 1. The highest BCUT2D eigenvalue weighted by molar-refractivity contribution is 6.31. The highest BCUT2D eigenvalue weighted by atomic mass is 35.5. The fourth-order valence-electron chi connectivity index (χ4n) is 1.74. The summed E-state index contributed by atoms with van der Waals surface area (Å²) in [5.41, 5.74) is 7.36. The summed E-state index contributed by atoms with van der Waals surface area (Å²) in [4.78, 5) is 2.03. The maximum absolute atomic E-state index is 8.59. The zero-order chi connectivity index (χ0) is 13.7. The summed E-state index contributed by atoms with van der Waals surface area (Å²) in [6, 6.07) is 0. The topological polar surface area (TPSA) is 79.7 Å². The Hall–Kier alpha value is -1.27. The van der Waals surface area contributed by atoms with Gasteiger partial charge in [-0.2, -0.15) is 5.10 Å². The molecular weight excluding hydrogens is 254 g/mol. The monoisotopic (exact) mass is 273 g/mol. The molecule has 0 atom stereocenters. The molecule has 0 aliphatic carbocycles. The number of likely N-dealkylation sites (N-methyl/N-ethyl adjacent to an activating group) is 1. The number of aromatic nitrogens is 2. The van der Waals surface area contributed by atoms with E-state index in [1.54, 1.807) is 4.68 Å². The highest BCUT2D eigenvalue weighted by Crippen LogP contribution is 2.22. The standard InChI is InChI=1S/C11H20ClN5O/c1-4-8-11(12)9(16(3)14-8)6-17(5-2)7-10(13)15-18/h18H,4-7H2,1-3H3,(H2,13,15). The molecule has 0 aromatic carbocycles. The van der Waals surface area contributed by atoms with E-state index >= 15 is 0 Å². The lowest BCUT2D eigenvalue weighted by molar-refractivity contribution is 0.290. The Morgan fingerprint density at radius 3 is 2.67 bits per heavy atom. The van der Waals surface area contributed by atoms with Gasteiger partial charge in [-0.1, -0.05) is 30.6 Å². The molecule has 0 saturated heterocycles. The van der Waals surface area contributed by atoms with Gasteiger partial charge in [0, 0.05) is 13.6 Å². The number of halogens is 1. The molecule has 0 saturated carbocycles. The van der Waals surface area contributed by atoms with Crippen molar-refractivity contribution >= 4 is 17.4 Å². The lowest BCUT2D eigenvalue weighted by atomic mass is 10.3. The lowest BCUT2D eigenvalue weighted by Crippen LogP contribution is -2.34. The van der Waals surface area contributed by atoms with Crippen LogP contribution in [0.2, 0.25) is 5.02 Å². The van der Waals surface area contributed by atoms with E-state index in [2.05, 4.69) is 10.3 Å². The molecule has 18 heavy (non-hydrogen) atoms. The van der Waals surface area contributed by atoms with Gasteiger partial charge in [0.05, 0.1) is 23.0 Å². The van der Waals surface area contributed by atoms with Crippen molar-refractivity contribution in [3.8, 4) is 0 Å². The molecule has 6 nitrogen and oxygen atoms in total. The van der Waals surface area contributed by atoms with Gasteiger partial charge in [-0.15, -0.1) is 0 Å². The van der Waals surface area contributed by atoms with Crippen molar-refractivity contribution in [2.24, 2.45) is 17.9 Å². The van der Waals surface area contributed by atoms with E-state index < -0.39 is 0 Å². The third-order valence-corrected chi connectivity index (χ3v) is 3.27. The molecular formula is C11H20ClN5O. The Labute approximate surface area is 112 Å². The number of nitrogens with zero attached hydrogens (tertiary/aromatic N) is 4. The summed E-state index contributed by atoms with van der Waals surface area (Å²) in [7, 11) is 1.87. The predicted molar refractivity (Wildman–Crippen MR) is 72.0 cm³/mol. The quantitative estimate of drug-likeness (QED) is 0.353. The van der Waals surface area contributed by atoms with Crippen LogP contribution in [0, 0.1) is 0 Å². The third-order valence-electron chi connectivity index (χ3n) is 2.84. The minimum absolute atomic E-state index is 0.186. The first-order valence-electron chi connectivity index (χ1n) is 5.92. The maximum Gasteiger partial charge on any atom is 0.153 e. The van der Waals surface area contributed by atoms with Gasteiger partial charge in [0.1, 0.15) is 0 Å². The first kappa shape index (κ1) is 14.8. The lowest BCUT2D eigenvalue weighted by Gasteiger charge is -2.19. The minimum atomic E-state index is 0.186. The van der Waals surface area contributed by atoms with Gasteiger partial charge in [-0.25, -0.2) is 0 Å². The molecule has 0 bridgehead atoms. The van der Waals surface area contributed by atoms with Crippen molar-refractivity contribution in [3.63, 3.8) is 0 Å². The zero-order valence-corrected chi connectivity index (χ0v) is 11.8. The van der Waals surface area contributed by atoms with Crippen molar-refractivity contribution in [1.29, 1.82) is 0 Å². The van der Waals surface area contributed by atoms with E-state index in [4.69, 9.17) is 22.5 Å². The van der Waals surface area contributed by atoms with Crippen LogP contribution >= 0.6 is 11.6 Å². The number of hydrogen-bond donors (Lipinski definition) is 2. The van der Waals surface area contributed by atoms with Crippen LogP contribution in [0.25, 0.3) is 0 Å². The van der Waals surface area contributed by atoms with Crippen molar-refractivity contribution in [3.05, 3.63) is 16.4 Å². The summed E-state index contributed by atoms with van der Waals surface area (Å²) in [6.45, 7) is 5.83. The van der Waals surface area contributed by atoms with Gasteiger partial charge in [-0.05, 0) is 13.0 Å². The van der Waals surface area contributed by atoms with Crippen molar-refractivity contribution in [1.82, 2.24) is 14.7 Å². The van der Waals surface area contributed by atoms with Gasteiger partial charge >= 0.3 is 0 Å². The average Bonchev–Trinajstić information content (AvgIpc) is 2.64. The second-order valence-corrected chi connectivity index (χ2v) is 4.46. The Bertz CT molecular complexity index is 429. The van der Waals surface area contributed by atoms with Crippen LogP contribution in [0.15, 0.2) is 5.16 Å². The highest BCUT2D eigenvalue weighted by Gasteiger charge is 2.16. The molecule has 0 fully saturated rings. The van der Waals surface area contributed by atoms with E-state index in [0.29, 0.717) is 18.1 Å². The molecule has 1 heterocycles. The largest absolute Gasteiger partial charge is 0.409 e. The average molecular weight is 274 g/mol. The van der Waals surface area contributed by atoms with Gasteiger partial charge < -0.3 is 10.9 Å². The fraction of sp³-hybridized carbons (Fsp3) is 0.636. The Morgan fingerprint density at radius 1 is 1.56 bits per heavy atom. The van der Waals surface area contributed by atoms with E-state index in [-0.39, 0.29) is 5.84 Å². The predicted octanol–water partition coefficient (Wildman–Crippen LogP) is 1.20. The molecule has 0 spiro atoms. The fourth-order valence-corrected chi connectivity index (χ4v) is 2.10. The van der Waals surface area contributed by atoms with Gasteiger partial charge in [0.25, 0.3) is 0 Å². The van der Waals surface area contributed by atoms with Gasteiger partial charge in [0.2, 0.25) is 0 Å². The summed E-state index contributed by atoms with van der Waals surface area (Å²) in [6.07, 6.45) is 0.805. The summed E-state index contributed by atoms with van der Waals surface area (Å²) in [5, 5.41) is 16.6. The van der Waals surface area contributed by atoms with E-state index in [1.807, 2.05) is 25.8 Å². The Morgan fingerprint density at radius 2 is 2.22 bits per heavy atom. The zero-order valence-electron chi connectivity index (χ0n) is 11.0. The first-order chi connectivity index (χ1) is 8.53. The molecule has 3 N–H and O–H groups in total. The molecule has 0 amide bonds. The minimum Gasteiger partial charge on any atom is -0.409 e. The van der Waals surface area contributed by atoms with Crippen LogP contribution in [-0.4, -0.2) is 38.8 Å². The molecule has 1 aromatic rings. The van der Waals surface area contributed by atoms with Gasteiger partial charge in [-0.3, -0.25) is 9.58 Å². The molecule has 0 radical (unpaired) electrons. The Kier molecular flexibility index (Phi) is 5.43. The smallest absolute Gasteiger partial charge is 0.153 e. The van der Waals surface area contributed by atoms with Gasteiger partial charge in [0.15, 0.2) is 5.84 Å². The molecule has 1 aromatic heterocycles. The Balaban J connectivity index is 2.85. The molecule has 1 rings (SSSR count). The van der Waals surface area contributed by atoms with Crippen LogP contribution in [0.3, 0.4) is 0 Å². The van der Waals surface area contributed by atoms with Crippen LogP contribution in [0.4, 0.5) is 0 Å². The van der Waals surface area contributed by atoms with E-state index in [1.165, 1.54) is 0 Å². The molecule has 0 aliphatic heterocycles. The van der Waals surface area contributed by atoms with Crippen LogP contribution in [0.1, 0.15) is 25.2 Å². The maximum atomic E-state index is 8.59. The molecule has 0 aliphatic rings. The molecule has 7 heteroatoms. The second kappa shape index (κ2) is 6.61. The third kappa shape index (κ3) is 3.36. The van der Waals surface area contributed by atoms with Crippen molar-refractivity contribution < 1.29 is 5.21 Å².